The maximum atomic E-state index is 13.4. The third kappa shape index (κ3) is 7.79. The molecule has 34 heavy (non-hydrogen) atoms. The van der Waals surface area contributed by atoms with Crippen LogP contribution in [0, 0.1) is 0 Å². The van der Waals surface area contributed by atoms with E-state index in [9.17, 15) is 9.59 Å². The highest BCUT2D eigenvalue weighted by molar-refractivity contribution is 7.99. The molecule has 0 aromatic heterocycles. The van der Waals surface area contributed by atoms with E-state index in [1.54, 1.807) is 29.8 Å². The smallest absolute Gasteiger partial charge is 0.242 e. The Morgan fingerprint density at radius 1 is 0.941 bits per heavy atom. The quantitative estimate of drug-likeness (QED) is 0.243. The Balaban J connectivity index is 1.75. The Hall–Kier alpha value is -2.47. The Kier molecular flexibility index (Phi) is 10.3. The summed E-state index contributed by atoms with van der Waals surface area (Å²) in [5, 5.41) is 4.01. The minimum Gasteiger partial charge on any atom is -0.357 e. The second kappa shape index (κ2) is 13.4. The van der Waals surface area contributed by atoms with Crippen molar-refractivity contribution >= 4 is 46.8 Å². The maximum absolute atomic E-state index is 13.4. The van der Waals surface area contributed by atoms with Gasteiger partial charge in [0.05, 0.1) is 0 Å². The van der Waals surface area contributed by atoms with Crippen LogP contribution in [0.3, 0.4) is 0 Å². The number of nitrogens with one attached hydrogen (secondary N) is 1. The molecule has 7 heteroatoms. The molecule has 4 nitrogen and oxygen atoms in total. The van der Waals surface area contributed by atoms with Crippen molar-refractivity contribution < 1.29 is 9.59 Å². The van der Waals surface area contributed by atoms with Gasteiger partial charge in [-0.2, -0.15) is 0 Å². The van der Waals surface area contributed by atoms with Crippen molar-refractivity contribution in [1.29, 1.82) is 0 Å². The van der Waals surface area contributed by atoms with Crippen molar-refractivity contribution in [2.75, 3.05) is 12.8 Å². The number of likely N-dealkylation sites (N-methyl/N-ethyl adjacent to an activating group) is 1. The molecule has 1 atom stereocenters. The van der Waals surface area contributed by atoms with Gasteiger partial charge in [-0.3, -0.25) is 9.59 Å². The van der Waals surface area contributed by atoms with E-state index < -0.39 is 6.04 Å². The standard InChI is InChI=1S/C27H28Cl2N2O2S/c1-30-27(33)25(18-20-8-3-2-4-9-20)31(19-21-10-5-6-11-24(21)29)26(32)12-7-17-34-23-15-13-22(28)14-16-23/h2-6,8-11,13-16,25H,7,12,17-19H2,1H3,(H,30,33)/t25-/m0/s1. The highest BCUT2D eigenvalue weighted by Crippen LogP contribution is 2.24. The fourth-order valence-corrected chi connectivity index (χ4v) is 4.79. The van der Waals surface area contributed by atoms with Crippen LogP contribution >= 0.6 is 35.0 Å². The number of thioether (sulfide) groups is 1. The number of rotatable bonds is 11. The average Bonchev–Trinajstić information content (AvgIpc) is 2.86. The highest BCUT2D eigenvalue weighted by atomic mass is 35.5. The largest absolute Gasteiger partial charge is 0.357 e. The van der Waals surface area contributed by atoms with Crippen molar-refractivity contribution in [2.24, 2.45) is 0 Å². The topological polar surface area (TPSA) is 49.4 Å². The second-order valence-electron chi connectivity index (χ2n) is 7.84. The molecule has 0 aliphatic carbocycles. The number of nitrogens with zero attached hydrogens (tertiary/aromatic N) is 1. The summed E-state index contributed by atoms with van der Waals surface area (Å²) in [6.45, 7) is 0.272. The van der Waals surface area contributed by atoms with Gasteiger partial charge in [0.25, 0.3) is 0 Å². The molecule has 0 fully saturated rings. The van der Waals surface area contributed by atoms with E-state index in [2.05, 4.69) is 5.32 Å². The van der Waals surface area contributed by atoms with Gasteiger partial charge < -0.3 is 10.2 Å². The fourth-order valence-electron chi connectivity index (χ4n) is 3.62. The van der Waals surface area contributed by atoms with Gasteiger partial charge in [-0.05, 0) is 53.6 Å². The molecule has 0 radical (unpaired) electrons. The van der Waals surface area contributed by atoms with Gasteiger partial charge >= 0.3 is 0 Å². The van der Waals surface area contributed by atoms with Gasteiger partial charge in [0.1, 0.15) is 6.04 Å². The third-order valence-electron chi connectivity index (χ3n) is 5.43. The lowest BCUT2D eigenvalue weighted by molar-refractivity contribution is -0.141. The Bertz CT molecular complexity index is 1080. The monoisotopic (exact) mass is 514 g/mol. The van der Waals surface area contributed by atoms with Crippen LogP contribution in [0.25, 0.3) is 0 Å². The van der Waals surface area contributed by atoms with E-state index in [1.807, 2.05) is 72.8 Å². The first kappa shape index (κ1) is 26.1. The minimum atomic E-state index is -0.639. The van der Waals surface area contributed by atoms with Gasteiger partial charge in [0, 0.05) is 41.4 Å². The Labute approximate surface area is 215 Å². The molecule has 178 valence electrons. The zero-order chi connectivity index (χ0) is 24.3. The van der Waals surface area contributed by atoms with E-state index in [0.29, 0.717) is 29.3 Å². The van der Waals surface area contributed by atoms with Crippen LogP contribution in [0.2, 0.25) is 10.0 Å². The summed E-state index contributed by atoms with van der Waals surface area (Å²) in [6.07, 6.45) is 1.46. The number of hydrogen-bond donors (Lipinski definition) is 1. The van der Waals surface area contributed by atoms with Crippen molar-refractivity contribution in [3.05, 3.63) is 100 Å². The highest BCUT2D eigenvalue weighted by Gasteiger charge is 2.29. The van der Waals surface area contributed by atoms with Crippen LogP contribution in [-0.4, -0.2) is 35.6 Å². The molecule has 0 heterocycles. The van der Waals surface area contributed by atoms with E-state index in [0.717, 1.165) is 21.8 Å². The van der Waals surface area contributed by atoms with Gasteiger partial charge in [0.2, 0.25) is 11.8 Å². The first-order valence-electron chi connectivity index (χ1n) is 11.1. The van der Waals surface area contributed by atoms with Crippen LogP contribution in [-0.2, 0) is 22.6 Å². The molecular formula is C27H28Cl2N2O2S. The SMILES string of the molecule is CNC(=O)[C@H](Cc1ccccc1)N(Cc1ccccc1Cl)C(=O)CCCSc1ccc(Cl)cc1. The average molecular weight is 516 g/mol. The first-order chi connectivity index (χ1) is 16.5. The van der Waals surface area contributed by atoms with Gasteiger partial charge in [-0.15, -0.1) is 11.8 Å². The molecule has 3 aromatic carbocycles. The predicted octanol–water partition coefficient (Wildman–Crippen LogP) is 6.25. The van der Waals surface area contributed by atoms with Crippen molar-refractivity contribution in [3.63, 3.8) is 0 Å². The molecule has 0 unspecified atom stereocenters. The molecule has 0 aliphatic rings. The Morgan fingerprint density at radius 2 is 1.62 bits per heavy atom. The van der Waals surface area contributed by atoms with Crippen molar-refractivity contribution in [2.45, 2.75) is 36.7 Å². The lowest BCUT2D eigenvalue weighted by Crippen LogP contribution is -2.49. The van der Waals surface area contributed by atoms with Crippen LogP contribution in [0.15, 0.2) is 83.8 Å². The molecular weight excluding hydrogens is 487 g/mol. The summed E-state index contributed by atoms with van der Waals surface area (Å²) in [4.78, 5) is 29.1. The summed E-state index contributed by atoms with van der Waals surface area (Å²) < 4.78 is 0. The molecule has 3 rings (SSSR count). The molecule has 3 aromatic rings. The number of benzene rings is 3. The second-order valence-corrected chi connectivity index (χ2v) is 9.85. The summed E-state index contributed by atoms with van der Waals surface area (Å²) in [5.74, 6) is 0.525. The normalized spacial score (nSPS) is 11.6. The Morgan fingerprint density at radius 3 is 2.29 bits per heavy atom. The van der Waals surface area contributed by atoms with Crippen LogP contribution in [0.4, 0.5) is 0 Å². The molecule has 1 N–H and O–H groups in total. The zero-order valence-corrected chi connectivity index (χ0v) is 21.4. The van der Waals surface area contributed by atoms with Crippen molar-refractivity contribution in [3.8, 4) is 0 Å². The summed E-state index contributed by atoms with van der Waals surface area (Å²) in [7, 11) is 1.60. The van der Waals surface area contributed by atoms with Gasteiger partial charge in [-0.1, -0.05) is 71.7 Å². The number of halogens is 2. The number of hydrogen-bond acceptors (Lipinski definition) is 3. The number of carbonyl (C=O) groups is 2. The zero-order valence-electron chi connectivity index (χ0n) is 19.0. The molecule has 0 saturated carbocycles. The predicted molar refractivity (Wildman–Crippen MR) is 141 cm³/mol. The number of carbonyl (C=O) groups excluding carboxylic acids is 2. The summed E-state index contributed by atoms with van der Waals surface area (Å²) >= 11 is 14.0. The van der Waals surface area contributed by atoms with Gasteiger partial charge in [-0.25, -0.2) is 0 Å². The minimum absolute atomic E-state index is 0.0684. The molecule has 0 bridgehead atoms. The fraction of sp³-hybridized carbons (Fsp3) is 0.259. The van der Waals surface area contributed by atoms with E-state index in [-0.39, 0.29) is 18.4 Å². The summed E-state index contributed by atoms with van der Waals surface area (Å²) in [6, 6.07) is 24.2. The molecule has 2 amide bonds. The van der Waals surface area contributed by atoms with Crippen LogP contribution in [0.5, 0.6) is 0 Å². The lowest BCUT2D eigenvalue weighted by Gasteiger charge is -2.31. The third-order valence-corrected chi connectivity index (χ3v) is 7.15. The van der Waals surface area contributed by atoms with Crippen molar-refractivity contribution in [1.82, 2.24) is 10.2 Å². The van der Waals surface area contributed by atoms with Crippen LogP contribution < -0.4 is 5.32 Å². The van der Waals surface area contributed by atoms with Crippen LogP contribution in [0.1, 0.15) is 24.0 Å². The lowest BCUT2D eigenvalue weighted by atomic mass is 10.0. The number of amides is 2. The van der Waals surface area contributed by atoms with E-state index in [1.165, 1.54) is 0 Å². The molecule has 0 aliphatic heterocycles. The summed E-state index contributed by atoms with van der Waals surface area (Å²) in [5.41, 5.74) is 1.81. The first-order valence-corrected chi connectivity index (χ1v) is 12.9. The van der Waals surface area contributed by atoms with E-state index in [4.69, 9.17) is 23.2 Å². The van der Waals surface area contributed by atoms with Gasteiger partial charge in [0.15, 0.2) is 0 Å². The maximum Gasteiger partial charge on any atom is 0.242 e. The molecule has 0 spiro atoms. The molecule has 0 saturated heterocycles. The van der Waals surface area contributed by atoms with E-state index >= 15 is 0 Å².